The van der Waals surface area contributed by atoms with E-state index in [1.165, 1.54) is 18.4 Å². The maximum absolute atomic E-state index is 13.0. The Kier molecular flexibility index (Phi) is 6.03. The lowest BCUT2D eigenvalue weighted by molar-refractivity contribution is -0.141. The molecule has 0 spiro atoms. The Morgan fingerprint density at radius 1 is 1.19 bits per heavy atom. The number of nitrogens with one attached hydrogen (secondary N) is 2. The third kappa shape index (κ3) is 4.46. The van der Waals surface area contributed by atoms with Gasteiger partial charge in [-0.2, -0.15) is 0 Å². The molecule has 0 saturated heterocycles. The highest BCUT2D eigenvalue weighted by molar-refractivity contribution is 7.10. The highest BCUT2D eigenvalue weighted by Crippen LogP contribution is 2.41. The molecule has 2 aromatic rings. The topological polar surface area (TPSA) is 105 Å². The van der Waals surface area contributed by atoms with Crippen LogP contribution >= 0.6 is 11.3 Å². The molecular weight excluding hydrogens is 418 g/mol. The van der Waals surface area contributed by atoms with Gasteiger partial charge in [-0.1, -0.05) is 24.3 Å². The summed E-state index contributed by atoms with van der Waals surface area (Å²) >= 11 is 1.42. The van der Waals surface area contributed by atoms with Gasteiger partial charge in [-0.25, -0.2) is 0 Å². The number of rotatable bonds is 8. The second-order valence-electron chi connectivity index (χ2n) is 7.57. The molecule has 1 aliphatic carbocycles. The van der Waals surface area contributed by atoms with Crippen molar-refractivity contribution in [3.63, 3.8) is 0 Å². The molecule has 31 heavy (non-hydrogen) atoms. The van der Waals surface area contributed by atoms with Crippen molar-refractivity contribution in [2.24, 2.45) is 0 Å². The van der Waals surface area contributed by atoms with Gasteiger partial charge in [0, 0.05) is 16.5 Å². The number of hydrogen-bond donors (Lipinski definition) is 2. The van der Waals surface area contributed by atoms with E-state index < -0.39 is 24.0 Å². The van der Waals surface area contributed by atoms with Crippen LogP contribution < -0.4 is 10.6 Å². The molecule has 0 bridgehead atoms. The van der Waals surface area contributed by atoms with E-state index in [9.17, 15) is 19.2 Å². The smallest absolute Gasteiger partial charge is 0.307 e. The number of carbonyl (C=O) groups is 4. The largest absolute Gasteiger partial charge is 0.469 e. The van der Waals surface area contributed by atoms with E-state index in [1.54, 1.807) is 29.2 Å². The average molecular weight is 442 g/mol. The molecule has 0 radical (unpaired) electrons. The minimum atomic E-state index is -0.729. The van der Waals surface area contributed by atoms with Gasteiger partial charge in [0.25, 0.3) is 5.91 Å². The number of fused-ring (bicyclic) bond motifs is 1. The predicted octanol–water partition coefficient (Wildman–Crippen LogP) is 1.94. The molecule has 3 amide bonds. The molecule has 2 N–H and O–H groups in total. The summed E-state index contributed by atoms with van der Waals surface area (Å²) in [7, 11) is 1.29. The Balaban J connectivity index is 1.41. The van der Waals surface area contributed by atoms with E-state index in [0.29, 0.717) is 11.1 Å². The summed E-state index contributed by atoms with van der Waals surface area (Å²) in [6.07, 6.45) is 1.75. The van der Waals surface area contributed by atoms with Crippen LogP contribution in [0.5, 0.6) is 0 Å². The number of thiophene rings is 1. The van der Waals surface area contributed by atoms with Crippen LogP contribution in [0, 0.1) is 0 Å². The maximum atomic E-state index is 13.0. The molecule has 1 fully saturated rings. The number of carbonyl (C=O) groups excluding carboxylic acids is 4. The Morgan fingerprint density at radius 3 is 2.65 bits per heavy atom. The van der Waals surface area contributed by atoms with Crippen LogP contribution in [0.2, 0.25) is 0 Å². The SMILES string of the molecule is COC(=O)CC(NC(=O)CNC(=O)C1c2ccccc2C(=O)N1C1CC1)c1cccs1. The minimum absolute atomic E-state index is 0.00331. The summed E-state index contributed by atoms with van der Waals surface area (Å²) in [5, 5.41) is 7.29. The van der Waals surface area contributed by atoms with Gasteiger partial charge >= 0.3 is 5.97 Å². The molecule has 1 aliphatic heterocycles. The van der Waals surface area contributed by atoms with Gasteiger partial charge in [0.05, 0.1) is 26.1 Å². The van der Waals surface area contributed by atoms with Crippen LogP contribution in [0.15, 0.2) is 41.8 Å². The molecule has 2 heterocycles. The van der Waals surface area contributed by atoms with Crippen molar-refractivity contribution >= 4 is 35.0 Å². The van der Waals surface area contributed by atoms with Gasteiger partial charge in [0.2, 0.25) is 11.8 Å². The van der Waals surface area contributed by atoms with Crippen LogP contribution in [0.1, 0.15) is 52.1 Å². The van der Waals surface area contributed by atoms with Crippen LogP contribution in [-0.4, -0.2) is 48.3 Å². The first-order valence-corrected chi connectivity index (χ1v) is 11.0. The zero-order valence-corrected chi connectivity index (χ0v) is 17.8. The van der Waals surface area contributed by atoms with E-state index in [1.807, 2.05) is 17.5 Å². The van der Waals surface area contributed by atoms with Crippen molar-refractivity contribution < 1.29 is 23.9 Å². The Morgan fingerprint density at radius 2 is 1.97 bits per heavy atom. The molecule has 4 rings (SSSR count). The normalized spacial score (nSPS) is 18.3. The van der Waals surface area contributed by atoms with Gasteiger partial charge < -0.3 is 20.3 Å². The molecule has 1 saturated carbocycles. The van der Waals surface area contributed by atoms with E-state index in [4.69, 9.17) is 4.74 Å². The van der Waals surface area contributed by atoms with Crippen molar-refractivity contribution in [3.05, 3.63) is 57.8 Å². The number of nitrogens with zero attached hydrogens (tertiary/aromatic N) is 1. The molecule has 2 unspecified atom stereocenters. The Labute approximate surface area is 183 Å². The number of hydrogen-bond acceptors (Lipinski definition) is 6. The summed E-state index contributed by atoms with van der Waals surface area (Å²) in [6, 6.07) is 9.54. The van der Waals surface area contributed by atoms with E-state index >= 15 is 0 Å². The monoisotopic (exact) mass is 441 g/mol. The van der Waals surface area contributed by atoms with Crippen molar-refractivity contribution in [2.75, 3.05) is 13.7 Å². The fraction of sp³-hybridized carbons (Fsp3) is 0.364. The van der Waals surface area contributed by atoms with Crippen LogP contribution in [-0.2, 0) is 19.1 Å². The maximum Gasteiger partial charge on any atom is 0.307 e. The number of amides is 3. The average Bonchev–Trinajstić information content (AvgIpc) is 3.36. The first kappa shape index (κ1) is 21.0. The van der Waals surface area contributed by atoms with E-state index in [2.05, 4.69) is 10.6 Å². The lowest BCUT2D eigenvalue weighted by Gasteiger charge is -2.24. The fourth-order valence-electron chi connectivity index (χ4n) is 3.81. The quantitative estimate of drug-likeness (QED) is 0.609. The van der Waals surface area contributed by atoms with Gasteiger partial charge in [-0.3, -0.25) is 19.2 Å². The lowest BCUT2D eigenvalue weighted by atomic mass is 10.0. The fourth-order valence-corrected chi connectivity index (χ4v) is 4.58. The first-order valence-electron chi connectivity index (χ1n) is 10.1. The number of ether oxygens (including phenoxy) is 1. The molecule has 9 heteroatoms. The zero-order chi connectivity index (χ0) is 22.0. The molecule has 1 aromatic heterocycles. The molecule has 162 valence electrons. The summed E-state index contributed by atoms with van der Waals surface area (Å²) in [5.74, 6) is -1.39. The van der Waals surface area contributed by atoms with Gasteiger partial charge in [0.15, 0.2) is 0 Å². The molecule has 2 aliphatic rings. The second kappa shape index (κ2) is 8.89. The minimum Gasteiger partial charge on any atom is -0.469 e. The lowest BCUT2D eigenvalue weighted by Crippen LogP contribution is -2.44. The van der Waals surface area contributed by atoms with Crippen molar-refractivity contribution in [2.45, 2.75) is 37.4 Å². The number of benzene rings is 1. The van der Waals surface area contributed by atoms with Crippen molar-refractivity contribution in [1.29, 1.82) is 0 Å². The molecule has 8 nitrogen and oxygen atoms in total. The molecular formula is C22H23N3O5S. The number of esters is 1. The summed E-state index contributed by atoms with van der Waals surface area (Å²) in [4.78, 5) is 52.4. The van der Waals surface area contributed by atoms with Crippen LogP contribution in [0.25, 0.3) is 0 Å². The Hall–Kier alpha value is -3.20. The van der Waals surface area contributed by atoms with Crippen LogP contribution in [0.4, 0.5) is 0 Å². The third-order valence-corrected chi connectivity index (χ3v) is 6.42. The summed E-state index contributed by atoms with van der Waals surface area (Å²) in [5.41, 5.74) is 1.20. The molecule has 1 aromatic carbocycles. The molecule has 2 atom stereocenters. The summed E-state index contributed by atoms with van der Waals surface area (Å²) in [6.45, 7) is -0.257. The standard InChI is InChI=1S/C22H23N3O5S/c1-30-19(27)11-16(17-7-4-10-31-17)24-18(26)12-23-21(28)20-14-5-2-3-6-15(14)22(29)25(20)13-8-9-13/h2-7,10,13,16,20H,8-9,11-12H2,1H3,(H,23,28)(H,24,26). The van der Waals surface area contributed by atoms with Crippen molar-refractivity contribution in [1.82, 2.24) is 15.5 Å². The van der Waals surface area contributed by atoms with Crippen LogP contribution in [0.3, 0.4) is 0 Å². The third-order valence-electron chi connectivity index (χ3n) is 5.43. The van der Waals surface area contributed by atoms with Crippen molar-refractivity contribution in [3.8, 4) is 0 Å². The van der Waals surface area contributed by atoms with E-state index in [0.717, 1.165) is 17.7 Å². The first-order chi connectivity index (χ1) is 15.0. The van der Waals surface area contributed by atoms with Gasteiger partial charge in [0.1, 0.15) is 6.04 Å². The highest BCUT2D eigenvalue weighted by atomic mass is 32.1. The van der Waals surface area contributed by atoms with E-state index in [-0.39, 0.29) is 30.8 Å². The number of methoxy groups -OCH3 is 1. The second-order valence-corrected chi connectivity index (χ2v) is 8.55. The predicted molar refractivity (Wildman–Crippen MR) is 113 cm³/mol. The van der Waals surface area contributed by atoms with Gasteiger partial charge in [-0.05, 0) is 35.9 Å². The Bertz CT molecular complexity index is 1000. The summed E-state index contributed by atoms with van der Waals surface area (Å²) < 4.78 is 4.72. The highest BCUT2D eigenvalue weighted by Gasteiger charge is 2.47. The van der Waals surface area contributed by atoms with Gasteiger partial charge in [-0.15, -0.1) is 11.3 Å². The zero-order valence-electron chi connectivity index (χ0n) is 17.0.